The Morgan fingerprint density at radius 2 is 1.88 bits per heavy atom. The van der Waals surface area contributed by atoms with Crippen LogP contribution in [-0.2, 0) is 4.79 Å². The summed E-state index contributed by atoms with van der Waals surface area (Å²) >= 11 is 0. The van der Waals surface area contributed by atoms with Crippen molar-refractivity contribution in [3.05, 3.63) is 59.7 Å². The number of ether oxygens (including phenoxy) is 1. The molecule has 0 bridgehead atoms. The van der Waals surface area contributed by atoms with E-state index in [4.69, 9.17) is 4.74 Å². The zero-order chi connectivity index (χ0) is 16.9. The molecule has 2 aromatic rings. The summed E-state index contributed by atoms with van der Waals surface area (Å²) in [5.74, 6) is 0.149. The maximum Gasteiger partial charge on any atom is 0.262 e. The summed E-state index contributed by atoms with van der Waals surface area (Å²) in [6.45, 7) is 1.88. The lowest BCUT2D eigenvalue weighted by Crippen LogP contribution is -2.25. The molecule has 2 N–H and O–H groups in total. The van der Waals surface area contributed by atoms with Crippen LogP contribution in [0.1, 0.15) is 28.8 Å². The lowest BCUT2D eigenvalue weighted by Gasteiger charge is -2.09. The van der Waals surface area contributed by atoms with Crippen molar-refractivity contribution in [3.8, 4) is 5.75 Å². The summed E-state index contributed by atoms with van der Waals surface area (Å²) in [5, 5.41) is 5.69. The van der Waals surface area contributed by atoms with Gasteiger partial charge in [-0.15, -0.1) is 0 Å². The molecule has 1 saturated carbocycles. The van der Waals surface area contributed by atoms with Crippen molar-refractivity contribution in [2.45, 2.75) is 25.8 Å². The van der Waals surface area contributed by atoms with Gasteiger partial charge in [-0.1, -0.05) is 23.8 Å². The van der Waals surface area contributed by atoms with Gasteiger partial charge in [0.15, 0.2) is 6.61 Å². The van der Waals surface area contributed by atoms with Crippen molar-refractivity contribution in [2.24, 2.45) is 0 Å². The smallest absolute Gasteiger partial charge is 0.262 e. The number of nitrogens with one attached hydrogen (secondary N) is 2. The lowest BCUT2D eigenvalue weighted by molar-refractivity contribution is -0.118. The zero-order valence-electron chi connectivity index (χ0n) is 13.5. The molecule has 0 spiro atoms. The fraction of sp³-hybridized carbons (Fsp3) is 0.263. The van der Waals surface area contributed by atoms with Gasteiger partial charge in [0.25, 0.3) is 11.8 Å². The van der Waals surface area contributed by atoms with E-state index in [9.17, 15) is 9.59 Å². The van der Waals surface area contributed by atoms with E-state index in [-0.39, 0.29) is 18.4 Å². The number of carbonyl (C=O) groups excluding carboxylic acids is 2. The van der Waals surface area contributed by atoms with Crippen LogP contribution in [0.25, 0.3) is 0 Å². The van der Waals surface area contributed by atoms with Crippen LogP contribution in [0.4, 0.5) is 5.69 Å². The first-order valence-electron chi connectivity index (χ1n) is 8.00. The topological polar surface area (TPSA) is 67.4 Å². The molecule has 1 fully saturated rings. The van der Waals surface area contributed by atoms with Crippen LogP contribution in [0.3, 0.4) is 0 Å². The van der Waals surface area contributed by atoms with Gasteiger partial charge < -0.3 is 15.4 Å². The number of hydrogen-bond donors (Lipinski definition) is 2. The zero-order valence-corrected chi connectivity index (χ0v) is 13.5. The Morgan fingerprint density at radius 3 is 2.58 bits per heavy atom. The van der Waals surface area contributed by atoms with Crippen molar-refractivity contribution < 1.29 is 14.3 Å². The molecule has 24 heavy (non-hydrogen) atoms. The summed E-state index contributed by atoms with van der Waals surface area (Å²) < 4.78 is 5.48. The van der Waals surface area contributed by atoms with Gasteiger partial charge in [-0.05, 0) is 50.1 Å². The average molecular weight is 324 g/mol. The first-order valence-corrected chi connectivity index (χ1v) is 8.00. The second-order valence-electron chi connectivity index (χ2n) is 5.98. The molecule has 0 saturated heterocycles. The number of hydrogen-bond acceptors (Lipinski definition) is 3. The molecule has 1 aliphatic carbocycles. The summed E-state index contributed by atoms with van der Waals surface area (Å²) in [6, 6.07) is 14.7. The molecule has 1 aliphatic rings. The maximum absolute atomic E-state index is 12.0. The Bertz CT molecular complexity index is 737. The summed E-state index contributed by atoms with van der Waals surface area (Å²) in [6.07, 6.45) is 2.09. The minimum absolute atomic E-state index is 0.105. The van der Waals surface area contributed by atoms with Gasteiger partial charge in [-0.25, -0.2) is 0 Å². The fourth-order valence-corrected chi connectivity index (χ4v) is 2.21. The van der Waals surface area contributed by atoms with E-state index in [1.54, 1.807) is 24.3 Å². The number of amides is 2. The molecule has 0 radical (unpaired) electrons. The number of aryl methyl sites for hydroxylation is 1. The van der Waals surface area contributed by atoms with Gasteiger partial charge in [0.1, 0.15) is 5.75 Å². The third kappa shape index (κ3) is 4.59. The predicted molar refractivity (Wildman–Crippen MR) is 92.2 cm³/mol. The van der Waals surface area contributed by atoms with Gasteiger partial charge in [0.05, 0.1) is 0 Å². The van der Waals surface area contributed by atoms with Gasteiger partial charge in [-0.3, -0.25) is 9.59 Å². The van der Waals surface area contributed by atoms with Crippen molar-refractivity contribution in [2.75, 3.05) is 11.9 Å². The van der Waals surface area contributed by atoms with E-state index < -0.39 is 0 Å². The van der Waals surface area contributed by atoms with Crippen LogP contribution in [0.2, 0.25) is 0 Å². The molecule has 2 amide bonds. The number of carbonyl (C=O) groups is 2. The Morgan fingerprint density at radius 1 is 1.12 bits per heavy atom. The largest absolute Gasteiger partial charge is 0.484 e. The highest BCUT2D eigenvalue weighted by Gasteiger charge is 2.23. The van der Waals surface area contributed by atoms with E-state index in [1.807, 2.05) is 31.2 Å². The summed E-state index contributed by atoms with van der Waals surface area (Å²) in [4.78, 5) is 23.9. The first kappa shape index (κ1) is 16.1. The molecule has 0 atom stereocenters. The van der Waals surface area contributed by atoms with E-state index in [0.29, 0.717) is 17.4 Å². The molecule has 0 unspecified atom stereocenters. The first-order chi connectivity index (χ1) is 11.6. The Labute approximate surface area is 141 Å². The quantitative estimate of drug-likeness (QED) is 0.858. The highest BCUT2D eigenvalue weighted by atomic mass is 16.5. The van der Waals surface area contributed by atoms with Crippen LogP contribution in [0, 0.1) is 6.92 Å². The predicted octanol–water partition coefficient (Wildman–Crippen LogP) is 2.90. The normalized spacial score (nSPS) is 13.2. The number of benzene rings is 2. The van der Waals surface area contributed by atoms with Crippen molar-refractivity contribution in [1.82, 2.24) is 5.32 Å². The molecule has 0 heterocycles. The number of rotatable bonds is 6. The van der Waals surface area contributed by atoms with Crippen LogP contribution < -0.4 is 15.4 Å². The van der Waals surface area contributed by atoms with E-state index in [2.05, 4.69) is 10.6 Å². The highest BCUT2D eigenvalue weighted by Crippen LogP contribution is 2.20. The molecule has 0 aliphatic heterocycles. The van der Waals surface area contributed by atoms with Crippen LogP contribution >= 0.6 is 0 Å². The molecule has 124 valence electrons. The third-order valence-corrected chi connectivity index (χ3v) is 3.71. The number of anilines is 1. The van der Waals surface area contributed by atoms with Crippen molar-refractivity contribution in [1.29, 1.82) is 0 Å². The molecule has 2 aromatic carbocycles. The van der Waals surface area contributed by atoms with Gasteiger partial charge in [0.2, 0.25) is 0 Å². The Balaban J connectivity index is 1.52. The SMILES string of the molecule is Cc1ccc(NC(=O)COc2cccc(C(=O)NC3CC3)c2)cc1. The standard InChI is InChI=1S/C19H20N2O3/c1-13-5-7-15(8-6-13)20-18(22)12-24-17-4-2-3-14(11-17)19(23)21-16-9-10-16/h2-8,11,16H,9-10,12H2,1H3,(H,20,22)(H,21,23). The molecular weight excluding hydrogens is 304 g/mol. The molecule has 3 rings (SSSR count). The average Bonchev–Trinajstić information content (AvgIpc) is 3.39. The van der Waals surface area contributed by atoms with Gasteiger partial charge >= 0.3 is 0 Å². The minimum atomic E-state index is -0.244. The van der Waals surface area contributed by atoms with E-state index in [0.717, 1.165) is 24.1 Å². The van der Waals surface area contributed by atoms with Crippen LogP contribution in [0.5, 0.6) is 5.75 Å². The summed E-state index contributed by atoms with van der Waals surface area (Å²) in [5.41, 5.74) is 2.40. The van der Waals surface area contributed by atoms with E-state index in [1.165, 1.54) is 0 Å². The molecular formula is C19H20N2O3. The summed E-state index contributed by atoms with van der Waals surface area (Å²) in [7, 11) is 0. The van der Waals surface area contributed by atoms with Crippen molar-refractivity contribution in [3.63, 3.8) is 0 Å². The maximum atomic E-state index is 12.0. The highest BCUT2D eigenvalue weighted by molar-refractivity contribution is 5.95. The fourth-order valence-electron chi connectivity index (χ4n) is 2.21. The van der Waals surface area contributed by atoms with Crippen LogP contribution in [-0.4, -0.2) is 24.5 Å². The van der Waals surface area contributed by atoms with Crippen molar-refractivity contribution >= 4 is 17.5 Å². The molecule has 5 nitrogen and oxygen atoms in total. The molecule has 0 aromatic heterocycles. The van der Waals surface area contributed by atoms with E-state index >= 15 is 0 Å². The van der Waals surface area contributed by atoms with Gasteiger partial charge in [0, 0.05) is 17.3 Å². The Hall–Kier alpha value is -2.82. The molecule has 5 heteroatoms. The minimum Gasteiger partial charge on any atom is -0.484 e. The van der Waals surface area contributed by atoms with Gasteiger partial charge in [-0.2, -0.15) is 0 Å². The lowest BCUT2D eigenvalue weighted by atomic mass is 10.2. The Kier molecular flexibility index (Phi) is 4.79. The monoisotopic (exact) mass is 324 g/mol. The second kappa shape index (κ2) is 7.17. The third-order valence-electron chi connectivity index (χ3n) is 3.71. The second-order valence-corrected chi connectivity index (χ2v) is 5.98. The van der Waals surface area contributed by atoms with Crippen LogP contribution in [0.15, 0.2) is 48.5 Å².